The highest BCUT2D eigenvalue weighted by Crippen LogP contribution is 2.14. The van der Waals surface area contributed by atoms with Gasteiger partial charge in [0.05, 0.1) is 11.2 Å². The molecule has 2 rings (SSSR count). The van der Waals surface area contributed by atoms with E-state index in [2.05, 4.69) is 10.0 Å². The van der Waals surface area contributed by atoms with E-state index in [9.17, 15) is 31.2 Å². The molecule has 0 aliphatic carbocycles. The van der Waals surface area contributed by atoms with Crippen molar-refractivity contribution in [3.8, 4) is 0 Å². The number of nitrogens with one attached hydrogen (secondary N) is 2. The summed E-state index contributed by atoms with van der Waals surface area (Å²) in [5, 5.41) is 2.51. The molecule has 14 heteroatoms. The van der Waals surface area contributed by atoms with E-state index in [1.807, 2.05) is 0 Å². The summed E-state index contributed by atoms with van der Waals surface area (Å²) in [6.07, 6.45) is 1.09. The predicted molar refractivity (Wildman–Crippen MR) is 114 cm³/mol. The molecule has 1 aromatic rings. The summed E-state index contributed by atoms with van der Waals surface area (Å²) >= 11 is 0. The third-order valence-electron chi connectivity index (χ3n) is 4.57. The Labute approximate surface area is 187 Å². The number of carbonyl (C=O) groups excluding carboxylic acids is 3. The van der Waals surface area contributed by atoms with Gasteiger partial charge >= 0.3 is 5.97 Å². The fourth-order valence-corrected chi connectivity index (χ4v) is 4.91. The van der Waals surface area contributed by atoms with Crippen LogP contribution in [0.25, 0.3) is 0 Å². The maximum atomic E-state index is 12.4. The summed E-state index contributed by atoms with van der Waals surface area (Å²) in [5.41, 5.74) is 0.416. The van der Waals surface area contributed by atoms with E-state index in [0.29, 0.717) is 5.69 Å². The molecule has 0 saturated carbocycles. The first-order valence-corrected chi connectivity index (χ1v) is 12.9. The van der Waals surface area contributed by atoms with Crippen molar-refractivity contribution in [1.29, 1.82) is 0 Å². The summed E-state index contributed by atoms with van der Waals surface area (Å²) in [6, 6.07) is 4.09. The lowest BCUT2D eigenvalue weighted by Crippen LogP contribution is -2.51. The Morgan fingerprint density at radius 1 is 1.03 bits per heavy atom. The van der Waals surface area contributed by atoms with Crippen molar-refractivity contribution in [2.75, 3.05) is 44.4 Å². The first kappa shape index (κ1) is 25.7. The number of sulfonamides is 2. The second-order valence-corrected chi connectivity index (χ2v) is 10.9. The minimum atomic E-state index is -4.05. The molecule has 1 aliphatic heterocycles. The van der Waals surface area contributed by atoms with Crippen molar-refractivity contribution >= 4 is 43.5 Å². The largest absolute Gasteiger partial charge is 0.454 e. The molecule has 1 fully saturated rings. The van der Waals surface area contributed by atoms with E-state index in [-0.39, 0.29) is 37.0 Å². The van der Waals surface area contributed by atoms with Crippen molar-refractivity contribution in [3.05, 3.63) is 24.3 Å². The minimum absolute atomic E-state index is 0.119. The lowest BCUT2D eigenvalue weighted by atomic mass is 10.3. The molecule has 178 valence electrons. The quantitative estimate of drug-likeness (QED) is 0.437. The smallest absolute Gasteiger partial charge is 0.324 e. The maximum absolute atomic E-state index is 12.4. The van der Waals surface area contributed by atoms with Crippen molar-refractivity contribution in [2.45, 2.75) is 24.8 Å². The molecule has 1 aromatic carbocycles. The number of hydrogen-bond acceptors (Lipinski definition) is 8. The number of anilines is 1. The summed E-state index contributed by atoms with van der Waals surface area (Å²) in [6.45, 7) is 2.64. The molecular weight excluding hydrogens is 464 g/mol. The highest BCUT2D eigenvalue weighted by Gasteiger charge is 2.28. The SMILES string of the molecule is CC(=O)Nc1ccc(S(=O)(=O)N[C@@H](C)C(=O)OCC(=O)N2CCN(S(C)(=O)=O)CC2)cc1. The zero-order valence-electron chi connectivity index (χ0n) is 17.9. The van der Waals surface area contributed by atoms with Crippen LogP contribution in [0.4, 0.5) is 5.69 Å². The fourth-order valence-electron chi connectivity index (χ4n) is 2.89. The molecule has 0 aromatic heterocycles. The number of amides is 2. The van der Waals surface area contributed by atoms with Crippen molar-refractivity contribution in [2.24, 2.45) is 0 Å². The molecule has 12 nitrogen and oxygen atoms in total. The standard InChI is InChI=1S/C18H26N4O8S2/c1-13(20-32(28,29)16-6-4-15(5-7-16)19-14(2)23)18(25)30-12-17(24)21-8-10-22(11-9-21)31(3,26)27/h4-7,13,20H,8-12H2,1-3H3,(H,19,23)/t13-/m0/s1. The van der Waals surface area contributed by atoms with E-state index in [1.54, 1.807) is 0 Å². The van der Waals surface area contributed by atoms with Crippen LogP contribution in [0, 0.1) is 0 Å². The molecule has 32 heavy (non-hydrogen) atoms. The van der Waals surface area contributed by atoms with Gasteiger partial charge in [-0.15, -0.1) is 0 Å². The Bertz CT molecular complexity index is 1060. The van der Waals surface area contributed by atoms with Gasteiger partial charge in [0.15, 0.2) is 6.61 Å². The third-order valence-corrected chi connectivity index (χ3v) is 7.43. The molecule has 2 N–H and O–H groups in total. The molecule has 1 heterocycles. The van der Waals surface area contributed by atoms with E-state index in [4.69, 9.17) is 4.74 Å². The summed E-state index contributed by atoms with van der Waals surface area (Å²) in [5.74, 6) is -1.75. The van der Waals surface area contributed by atoms with Gasteiger partial charge in [-0.05, 0) is 31.2 Å². The third kappa shape index (κ3) is 7.25. The Kier molecular flexibility index (Phi) is 8.34. The van der Waals surface area contributed by atoms with E-state index in [1.165, 1.54) is 47.3 Å². The lowest BCUT2D eigenvalue weighted by molar-refractivity contribution is -0.153. The summed E-state index contributed by atoms with van der Waals surface area (Å²) in [7, 11) is -7.38. The van der Waals surface area contributed by atoms with E-state index >= 15 is 0 Å². The van der Waals surface area contributed by atoms with Gasteiger partial charge in [-0.25, -0.2) is 16.8 Å². The molecule has 1 atom stereocenters. The minimum Gasteiger partial charge on any atom is -0.454 e. The van der Waals surface area contributed by atoms with Gasteiger partial charge in [-0.1, -0.05) is 0 Å². The van der Waals surface area contributed by atoms with Gasteiger partial charge in [-0.2, -0.15) is 9.03 Å². The Hall–Kier alpha value is -2.55. The van der Waals surface area contributed by atoms with Gasteiger partial charge in [0.1, 0.15) is 6.04 Å². The van der Waals surface area contributed by atoms with E-state index in [0.717, 1.165) is 6.26 Å². The number of piperazine rings is 1. The molecule has 2 amide bonds. The van der Waals surface area contributed by atoms with Crippen LogP contribution < -0.4 is 10.0 Å². The fraction of sp³-hybridized carbons (Fsp3) is 0.500. The normalized spacial score (nSPS) is 16.3. The second-order valence-electron chi connectivity index (χ2n) is 7.20. The number of esters is 1. The monoisotopic (exact) mass is 490 g/mol. The van der Waals surface area contributed by atoms with Crippen LogP contribution >= 0.6 is 0 Å². The van der Waals surface area contributed by atoms with Gasteiger partial charge in [0, 0.05) is 38.8 Å². The number of nitrogens with zero attached hydrogens (tertiary/aromatic N) is 2. The van der Waals surface area contributed by atoms with Gasteiger partial charge in [0.25, 0.3) is 5.91 Å². The summed E-state index contributed by atoms with van der Waals surface area (Å²) in [4.78, 5) is 36.6. The number of hydrogen-bond donors (Lipinski definition) is 2. The van der Waals surface area contributed by atoms with Crippen LogP contribution in [-0.2, 0) is 39.2 Å². The second kappa shape index (κ2) is 10.4. The zero-order valence-corrected chi connectivity index (χ0v) is 19.5. The highest BCUT2D eigenvalue weighted by atomic mass is 32.2. The van der Waals surface area contributed by atoms with Gasteiger partial charge in [0.2, 0.25) is 26.0 Å². The van der Waals surface area contributed by atoms with Crippen LogP contribution in [0.3, 0.4) is 0 Å². The predicted octanol–water partition coefficient (Wildman–Crippen LogP) is -1.04. The van der Waals surface area contributed by atoms with Gasteiger partial charge in [-0.3, -0.25) is 14.4 Å². The molecule has 0 spiro atoms. The van der Waals surface area contributed by atoms with Crippen molar-refractivity contribution in [3.63, 3.8) is 0 Å². The van der Waals surface area contributed by atoms with Crippen LogP contribution in [0.2, 0.25) is 0 Å². The molecular formula is C18H26N4O8S2. The number of ether oxygens (including phenoxy) is 1. The van der Waals surface area contributed by atoms with E-state index < -0.39 is 44.6 Å². The number of benzene rings is 1. The molecule has 0 bridgehead atoms. The number of rotatable bonds is 8. The molecule has 1 saturated heterocycles. The highest BCUT2D eigenvalue weighted by molar-refractivity contribution is 7.89. The van der Waals surface area contributed by atoms with Crippen molar-refractivity contribution < 1.29 is 36.0 Å². The van der Waals surface area contributed by atoms with Crippen molar-refractivity contribution in [1.82, 2.24) is 13.9 Å². The number of carbonyl (C=O) groups is 3. The molecule has 1 aliphatic rings. The first-order chi connectivity index (χ1) is 14.8. The Morgan fingerprint density at radius 3 is 2.09 bits per heavy atom. The average Bonchev–Trinajstić information content (AvgIpc) is 2.70. The average molecular weight is 491 g/mol. The molecule has 0 radical (unpaired) electrons. The van der Waals surface area contributed by atoms with Crippen LogP contribution in [-0.4, -0.2) is 88.9 Å². The topological polar surface area (TPSA) is 159 Å². The zero-order chi connectivity index (χ0) is 24.1. The van der Waals surface area contributed by atoms with Crippen LogP contribution in [0.15, 0.2) is 29.2 Å². The molecule has 0 unspecified atom stereocenters. The Balaban J connectivity index is 1.85. The Morgan fingerprint density at radius 2 is 1.59 bits per heavy atom. The summed E-state index contributed by atoms with van der Waals surface area (Å²) < 4.78 is 56.2. The van der Waals surface area contributed by atoms with Crippen LogP contribution in [0.5, 0.6) is 0 Å². The maximum Gasteiger partial charge on any atom is 0.324 e. The van der Waals surface area contributed by atoms with Crippen LogP contribution in [0.1, 0.15) is 13.8 Å². The first-order valence-electron chi connectivity index (χ1n) is 9.59. The van der Waals surface area contributed by atoms with Gasteiger partial charge < -0.3 is 15.0 Å². The lowest BCUT2D eigenvalue weighted by Gasteiger charge is -2.33.